The van der Waals surface area contributed by atoms with E-state index in [1.807, 2.05) is 25.1 Å². The summed E-state index contributed by atoms with van der Waals surface area (Å²) in [5.41, 5.74) is 1.19. The molecule has 1 rings (SSSR count). The van der Waals surface area contributed by atoms with E-state index in [-0.39, 0.29) is 12.4 Å². The second-order valence-electron chi connectivity index (χ2n) is 3.89. The van der Waals surface area contributed by atoms with Gasteiger partial charge in [0.15, 0.2) is 0 Å². The lowest BCUT2D eigenvalue weighted by atomic mass is 10.2. The van der Waals surface area contributed by atoms with Crippen LogP contribution in [0.25, 0.3) is 0 Å². The summed E-state index contributed by atoms with van der Waals surface area (Å²) in [6.07, 6.45) is 1.13. The summed E-state index contributed by atoms with van der Waals surface area (Å²) in [7, 11) is 0. The Kier molecular flexibility index (Phi) is 8.40. The van der Waals surface area contributed by atoms with Crippen molar-refractivity contribution in [1.82, 2.24) is 5.32 Å². The highest BCUT2D eigenvalue weighted by Gasteiger charge is 2.03. The van der Waals surface area contributed by atoms with Crippen molar-refractivity contribution in [3.05, 3.63) is 28.8 Å². The fraction of sp³-hybridized carbons (Fsp3) is 0.538. The summed E-state index contributed by atoms with van der Waals surface area (Å²) in [5, 5.41) is 4.11. The summed E-state index contributed by atoms with van der Waals surface area (Å²) in [6.45, 7) is 7.79. The van der Waals surface area contributed by atoms with E-state index in [1.54, 1.807) is 0 Å². The van der Waals surface area contributed by atoms with Gasteiger partial charge in [0.25, 0.3) is 0 Å². The van der Waals surface area contributed by atoms with Gasteiger partial charge in [-0.2, -0.15) is 0 Å². The van der Waals surface area contributed by atoms with E-state index in [0.29, 0.717) is 17.7 Å². The highest BCUT2D eigenvalue weighted by atomic mass is 35.5. The van der Waals surface area contributed by atoms with Crippen LogP contribution in [0.5, 0.6) is 5.75 Å². The van der Waals surface area contributed by atoms with Crippen molar-refractivity contribution in [2.45, 2.75) is 39.8 Å². The Hall–Kier alpha value is -0.440. The smallest absolute Gasteiger partial charge is 0.137 e. The van der Waals surface area contributed by atoms with Crippen LogP contribution < -0.4 is 10.1 Å². The minimum absolute atomic E-state index is 0. The Labute approximate surface area is 115 Å². The van der Waals surface area contributed by atoms with Crippen LogP contribution in [0.4, 0.5) is 0 Å². The van der Waals surface area contributed by atoms with Gasteiger partial charge in [0, 0.05) is 12.6 Å². The summed E-state index contributed by atoms with van der Waals surface area (Å²) in [4.78, 5) is 0. The highest BCUT2D eigenvalue weighted by molar-refractivity contribution is 6.32. The van der Waals surface area contributed by atoms with Crippen LogP contribution in [-0.2, 0) is 6.54 Å². The lowest BCUT2D eigenvalue weighted by Gasteiger charge is -2.12. The molecule has 17 heavy (non-hydrogen) atoms. The predicted molar refractivity (Wildman–Crippen MR) is 76.5 cm³/mol. The normalized spacial score (nSPS) is 11.8. The molecule has 98 valence electrons. The Morgan fingerprint density at radius 3 is 2.59 bits per heavy atom. The molecule has 0 amide bonds. The van der Waals surface area contributed by atoms with Gasteiger partial charge >= 0.3 is 0 Å². The molecule has 0 bridgehead atoms. The molecule has 0 heterocycles. The maximum absolute atomic E-state index is 6.10. The average Bonchev–Trinajstić information content (AvgIpc) is 2.29. The van der Waals surface area contributed by atoms with E-state index in [4.69, 9.17) is 16.3 Å². The first-order chi connectivity index (χ1) is 7.67. The van der Waals surface area contributed by atoms with Crippen molar-refractivity contribution in [3.8, 4) is 5.75 Å². The van der Waals surface area contributed by atoms with Gasteiger partial charge in [-0.15, -0.1) is 12.4 Å². The van der Waals surface area contributed by atoms with E-state index in [2.05, 4.69) is 19.2 Å². The fourth-order valence-electron chi connectivity index (χ4n) is 1.36. The first kappa shape index (κ1) is 16.6. The van der Waals surface area contributed by atoms with Gasteiger partial charge in [-0.05, 0) is 38.0 Å². The Bertz CT molecular complexity index is 331. The van der Waals surface area contributed by atoms with Gasteiger partial charge in [-0.1, -0.05) is 24.6 Å². The first-order valence-corrected chi connectivity index (χ1v) is 6.19. The van der Waals surface area contributed by atoms with Crippen molar-refractivity contribution in [3.63, 3.8) is 0 Å². The van der Waals surface area contributed by atoms with Crippen molar-refractivity contribution in [1.29, 1.82) is 0 Å². The second-order valence-corrected chi connectivity index (χ2v) is 4.30. The molecule has 4 heteroatoms. The van der Waals surface area contributed by atoms with Crippen molar-refractivity contribution in [2.75, 3.05) is 6.61 Å². The molecule has 0 saturated carbocycles. The van der Waals surface area contributed by atoms with Crippen LogP contribution in [-0.4, -0.2) is 12.6 Å². The lowest BCUT2D eigenvalue weighted by molar-refractivity contribution is 0.340. The molecule has 0 aromatic heterocycles. The molecular weight excluding hydrogens is 257 g/mol. The molecule has 0 spiro atoms. The van der Waals surface area contributed by atoms with E-state index in [9.17, 15) is 0 Å². The Balaban J connectivity index is 0.00000256. The molecule has 0 radical (unpaired) electrons. The Morgan fingerprint density at radius 1 is 1.35 bits per heavy atom. The maximum atomic E-state index is 6.10. The fourth-order valence-corrected chi connectivity index (χ4v) is 1.62. The van der Waals surface area contributed by atoms with E-state index in [0.717, 1.165) is 18.7 Å². The first-order valence-electron chi connectivity index (χ1n) is 5.82. The molecule has 1 aromatic carbocycles. The number of hydrogen-bond donors (Lipinski definition) is 1. The molecule has 1 aromatic rings. The van der Waals surface area contributed by atoms with Crippen molar-refractivity contribution < 1.29 is 4.74 Å². The topological polar surface area (TPSA) is 21.3 Å². The monoisotopic (exact) mass is 277 g/mol. The summed E-state index contributed by atoms with van der Waals surface area (Å²) < 4.78 is 5.39. The maximum Gasteiger partial charge on any atom is 0.137 e. The third kappa shape index (κ3) is 5.62. The third-order valence-electron chi connectivity index (χ3n) is 2.56. The van der Waals surface area contributed by atoms with Gasteiger partial charge < -0.3 is 10.1 Å². The average molecular weight is 278 g/mol. The Morgan fingerprint density at radius 2 is 2.06 bits per heavy atom. The van der Waals surface area contributed by atoms with E-state index < -0.39 is 0 Å². The van der Waals surface area contributed by atoms with Crippen molar-refractivity contribution in [2.24, 2.45) is 0 Å². The minimum Gasteiger partial charge on any atom is -0.492 e. The van der Waals surface area contributed by atoms with E-state index in [1.165, 1.54) is 5.56 Å². The van der Waals surface area contributed by atoms with Crippen LogP contribution in [0.3, 0.4) is 0 Å². The molecule has 1 atom stereocenters. The number of hydrogen-bond acceptors (Lipinski definition) is 2. The van der Waals surface area contributed by atoms with Crippen LogP contribution in [0, 0.1) is 0 Å². The lowest BCUT2D eigenvalue weighted by Crippen LogP contribution is -2.24. The van der Waals surface area contributed by atoms with Crippen LogP contribution in [0.1, 0.15) is 32.8 Å². The number of rotatable bonds is 6. The summed E-state index contributed by atoms with van der Waals surface area (Å²) in [6, 6.07) is 6.47. The molecule has 0 aliphatic heterocycles. The minimum atomic E-state index is 0. The standard InChI is InChI=1S/C13H20ClNO.ClH/c1-4-10(3)15-9-11-6-7-13(16-5-2)12(14)8-11;/h6-8,10,15H,4-5,9H2,1-3H3;1H. The number of benzene rings is 1. The molecule has 1 unspecified atom stereocenters. The molecule has 0 aliphatic rings. The molecule has 0 fully saturated rings. The zero-order chi connectivity index (χ0) is 12.0. The van der Waals surface area contributed by atoms with Crippen LogP contribution in [0.2, 0.25) is 5.02 Å². The van der Waals surface area contributed by atoms with Gasteiger partial charge in [-0.25, -0.2) is 0 Å². The zero-order valence-corrected chi connectivity index (χ0v) is 12.2. The summed E-state index contributed by atoms with van der Waals surface area (Å²) in [5.74, 6) is 0.761. The number of halogens is 2. The van der Waals surface area contributed by atoms with Crippen LogP contribution >= 0.6 is 24.0 Å². The third-order valence-corrected chi connectivity index (χ3v) is 2.86. The van der Waals surface area contributed by atoms with Gasteiger partial charge in [0.1, 0.15) is 5.75 Å². The SMILES string of the molecule is CCOc1ccc(CNC(C)CC)cc1Cl.Cl. The predicted octanol–water partition coefficient (Wildman–Crippen LogP) is 4.05. The van der Waals surface area contributed by atoms with Gasteiger partial charge in [0.05, 0.1) is 11.6 Å². The van der Waals surface area contributed by atoms with Gasteiger partial charge in [0.2, 0.25) is 0 Å². The molecular formula is C13H21Cl2NO. The van der Waals surface area contributed by atoms with Crippen LogP contribution in [0.15, 0.2) is 18.2 Å². The summed E-state index contributed by atoms with van der Waals surface area (Å²) >= 11 is 6.10. The number of ether oxygens (including phenoxy) is 1. The molecule has 0 saturated heterocycles. The molecule has 1 N–H and O–H groups in total. The number of nitrogens with one attached hydrogen (secondary N) is 1. The van der Waals surface area contributed by atoms with Gasteiger partial charge in [-0.3, -0.25) is 0 Å². The quantitative estimate of drug-likeness (QED) is 0.847. The zero-order valence-electron chi connectivity index (χ0n) is 10.6. The molecule has 0 aliphatic carbocycles. The second kappa shape index (κ2) is 8.62. The largest absolute Gasteiger partial charge is 0.492 e. The highest BCUT2D eigenvalue weighted by Crippen LogP contribution is 2.25. The van der Waals surface area contributed by atoms with Crippen molar-refractivity contribution >= 4 is 24.0 Å². The van der Waals surface area contributed by atoms with E-state index >= 15 is 0 Å². The molecule has 2 nitrogen and oxygen atoms in total.